The summed E-state index contributed by atoms with van der Waals surface area (Å²) >= 11 is 0. The maximum atomic E-state index is 13.8. The smallest absolute Gasteiger partial charge is 0.416 e. The summed E-state index contributed by atoms with van der Waals surface area (Å²) in [7, 11) is 0. The van der Waals surface area contributed by atoms with Gasteiger partial charge in [0.15, 0.2) is 0 Å². The van der Waals surface area contributed by atoms with E-state index in [2.05, 4.69) is 17.1 Å². The fourth-order valence-electron chi connectivity index (χ4n) is 4.34. The summed E-state index contributed by atoms with van der Waals surface area (Å²) in [6.45, 7) is 7.98. The molecule has 1 fully saturated rings. The number of halogens is 3. The van der Waals surface area contributed by atoms with Crippen molar-refractivity contribution in [2.45, 2.75) is 103 Å². The van der Waals surface area contributed by atoms with E-state index in [1.807, 2.05) is 0 Å². The Balaban J connectivity index is 1.75. The third kappa shape index (κ3) is 7.45. The standard InChI is InChI=1S/C26H36F3N3O3/c1-5-6-7-8-9-10-12-18-14-15-19(17-20(18)26(27,28)29)22-30-23(35-31-22)21-13-11-16-32(21)24(33)34-25(2,3)4/h14-15,17,21H,5-13,16H2,1-4H3. The molecule has 0 radical (unpaired) electrons. The van der Waals surface area contributed by atoms with Crippen molar-refractivity contribution in [1.82, 2.24) is 15.0 Å². The first kappa shape index (κ1) is 27.0. The average molecular weight is 496 g/mol. The molecule has 0 bridgehead atoms. The fraction of sp³-hybridized carbons (Fsp3) is 0.654. The van der Waals surface area contributed by atoms with Crippen LogP contribution in [0.4, 0.5) is 18.0 Å². The predicted octanol–water partition coefficient (Wildman–Crippen LogP) is 7.73. The van der Waals surface area contributed by atoms with E-state index >= 15 is 0 Å². The summed E-state index contributed by atoms with van der Waals surface area (Å²) in [5, 5.41) is 3.92. The van der Waals surface area contributed by atoms with Gasteiger partial charge in [0.2, 0.25) is 11.7 Å². The zero-order chi connectivity index (χ0) is 25.6. The van der Waals surface area contributed by atoms with Crippen LogP contribution in [-0.4, -0.2) is 33.3 Å². The van der Waals surface area contributed by atoms with Crippen molar-refractivity contribution in [3.8, 4) is 11.4 Å². The Morgan fingerprint density at radius 3 is 2.54 bits per heavy atom. The number of aryl methyl sites for hydroxylation is 1. The fourth-order valence-corrected chi connectivity index (χ4v) is 4.34. The summed E-state index contributed by atoms with van der Waals surface area (Å²) in [5.74, 6) is 0.278. The number of carbonyl (C=O) groups is 1. The highest BCUT2D eigenvalue weighted by atomic mass is 19.4. The van der Waals surface area contributed by atoms with Gasteiger partial charge in [0.1, 0.15) is 11.6 Å². The molecule has 1 aromatic carbocycles. The normalized spacial score (nSPS) is 16.7. The monoisotopic (exact) mass is 495 g/mol. The third-order valence-electron chi connectivity index (χ3n) is 6.08. The van der Waals surface area contributed by atoms with Gasteiger partial charge in [-0.25, -0.2) is 4.79 Å². The first-order valence-corrected chi connectivity index (χ1v) is 12.5. The van der Waals surface area contributed by atoms with Crippen LogP contribution in [0.15, 0.2) is 22.7 Å². The van der Waals surface area contributed by atoms with E-state index in [-0.39, 0.29) is 22.8 Å². The minimum absolute atomic E-state index is 0.0765. The van der Waals surface area contributed by atoms with Crippen molar-refractivity contribution in [2.24, 2.45) is 0 Å². The minimum atomic E-state index is -4.47. The van der Waals surface area contributed by atoms with Gasteiger partial charge in [0.05, 0.1) is 5.56 Å². The molecule has 0 saturated carbocycles. The molecule has 6 nitrogen and oxygen atoms in total. The summed E-state index contributed by atoms with van der Waals surface area (Å²) in [5.41, 5.74) is -0.783. The first-order chi connectivity index (χ1) is 16.5. The molecule has 1 aromatic heterocycles. The van der Waals surface area contributed by atoms with E-state index in [0.717, 1.165) is 51.0 Å². The van der Waals surface area contributed by atoms with Gasteiger partial charge < -0.3 is 9.26 Å². The lowest BCUT2D eigenvalue weighted by Gasteiger charge is -2.26. The van der Waals surface area contributed by atoms with Gasteiger partial charge in [-0.15, -0.1) is 0 Å². The average Bonchev–Trinajstić information content (AvgIpc) is 3.44. The molecule has 35 heavy (non-hydrogen) atoms. The molecule has 0 spiro atoms. The molecule has 0 N–H and O–H groups in total. The number of rotatable bonds is 9. The van der Waals surface area contributed by atoms with Crippen molar-refractivity contribution in [3.63, 3.8) is 0 Å². The van der Waals surface area contributed by atoms with E-state index in [1.165, 1.54) is 11.0 Å². The molecule has 1 unspecified atom stereocenters. The summed E-state index contributed by atoms with van der Waals surface area (Å²) in [4.78, 5) is 18.5. The topological polar surface area (TPSA) is 68.5 Å². The quantitative estimate of drug-likeness (QED) is 0.333. The Labute approximate surface area is 205 Å². The van der Waals surface area contributed by atoms with Crippen LogP contribution < -0.4 is 0 Å². The number of ether oxygens (including phenoxy) is 1. The van der Waals surface area contributed by atoms with Crippen molar-refractivity contribution >= 4 is 6.09 Å². The Kier molecular flexibility index (Phi) is 8.83. The van der Waals surface area contributed by atoms with Gasteiger partial charge >= 0.3 is 12.3 Å². The minimum Gasteiger partial charge on any atom is -0.444 e. The van der Waals surface area contributed by atoms with E-state index in [4.69, 9.17) is 9.26 Å². The van der Waals surface area contributed by atoms with Crippen molar-refractivity contribution in [3.05, 3.63) is 35.2 Å². The van der Waals surface area contributed by atoms with Crippen LogP contribution in [0.2, 0.25) is 0 Å². The lowest BCUT2D eigenvalue weighted by atomic mass is 9.97. The molecule has 1 saturated heterocycles. The lowest BCUT2D eigenvalue weighted by Crippen LogP contribution is -2.36. The van der Waals surface area contributed by atoms with Gasteiger partial charge in [-0.05, 0) is 58.1 Å². The zero-order valence-electron chi connectivity index (χ0n) is 21.1. The zero-order valence-corrected chi connectivity index (χ0v) is 21.1. The Bertz CT molecular complexity index is 982. The molecule has 1 aliphatic heterocycles. The second-order valence-electron chi connectivity index (χ2n) is 10.2. The van der Waals surface area contributed by atoms with Gasteiger partial charge in [-0.3, -0.25) is 4.90 Å². The van der Waals surface area contributed by atoms with Gasteiger partial charge in [-0.2, -0.15) is 18.2 Å². The molecule has 2 heterocycles. The number of unbranched alkanes of at least 4 members (excludes halogenated alkanes) is 5. The third-order valence-corrected chi connectivity index (χ3v) is 6.08. The highest BCUT2D eigenvalue weighted by Crippen LogP contribution is 2.37. The number of nitrogens with zero attached hydrogens (tertiary/aromatic N) is 3. The van der Waals surface area contributed by atoms with Crippen LogP contribution >= 0.6 is 0 Å². The van der Waals surface area contributed by atoms with Crippen LogP contribution in [0, 0.1) is 0 Å². The molecule has 1 amide bonds. The van der Waals surface area contributed by atoms with Crippen LogP contribution in [-0.2, 0) is 17.3 Å². The number of alkyl halides is 3. The lowest BCUT2D eigenvalue weighted by molar-refractivity contribution is -0.138. The van der Waals surface area contributed by atoms with Crippen LogP contribution in [0.3, 0.4) is 0 Å². The number of benzene rings is 1. The van der Waals surface area contributed by atoms with E-state index in [9.17, 15) is 18.0 Å². The number of hydrogen-bond acceptors (Lipinski definition) is 5. The Hall–Kier alpha value is -2.58. The molecule has 2 aromatic rings. The predicted molar refractivity (Wildman–Crippen MR) is 127 cm³/mol. The molecule has 3 rings (SSSR count). The van der Waals surface area contributed by atoms with Gasteiger partial charge in [0, 0.05) is 12.1 Å². The maximum absolute atomic E-state index is 13.8. The van der Waals surface area contributed by atoms with Gasteiger partial charge in [0.25, 0.3) is 0 Å². The second kappa shape index (κ2) is 11.4. The molecule has 9 heteroatoms. The molecule has 1 aliphatic rings. The Morgan fingerprint density at radius 1 is 1.14 bits per heavy atom. The highest BCUT2D eigenvalue weighted by molar-refractivity contribution is 5.69. The van der Waals surface area contributed by atoms with Crippen LogP contribution in [0.25, 0.3) is 11.4 Å². The molecular formula is C26H36F3N3O3. The van der Waals surface area contributed by atoms with Gasteiger partial charge in [-0.1, -0.05) is 56.3 Å². The van der Waals surface area contributed by atoms with E-state index in [1.54, 1.807) is 26.8 Å². The molecule has 194 valence electrons. The summed E-state index contributed by atoms with van der Waals surface area (Å²) in [6.07, 6.45) is 2.89. The number of hydrogen-bond donors (Lipinski definition) is 0. The molecule has 1 atom stereocenters. The number of carbonyl (C=O) groups excluding carboxylic acids is 1. The maximum Gasteiger partial charge on any atom is 0.416 e. The number of likely N-dealkylation sites (tertiary alicyclic amines) is 1. The van der Waals surface area contributed by atoms with E-state index < -0.39 is 29.5 Å². The van der Waals surface area contributed by atoms with Crippen LogP contribution in [0.1, 0.15) is 102 Å². The largest absolute Gasteiger partial charge is 0.444 e. The van der Waals surface area contributed by atoms with Crippen molar-refractivity contribution in [1.29, 1.82) is 0 Å². The first-order valence-electron chi connectivity index (χ1n) is 12.5. The second-order valence-corrected chi connectivity index (χ2v) is 10.2. The number of amides is 1. The summed E-state index contributed by atoms with van der Waals surface area (Å²) < 4.78 is 52.3. The molecular weight excluding hydrogens is 459 g/mol. The SMILES string of the molecule is CCCCCCCCc1ccc(-c2noc(C3CCCN3C(=O)OC(C)(C)C)n2)cc1C(F)(F)F. The van der Waals surface area contributed by atoms with Crippen molar-refractivity contribution < 1.29 is 27.2 Å². The summed E-state index contributed by atoms with van der Waals surface area (Å²) in [6, 6.07) is 3.76. The highest BCUT2D eigenvalue weighted by Gasteiger charge is 2.37. The van der Waals surface area contributed by atoms with Crippen LogP contribution in [0.5, 0.6) is 0 Å². The Morgan fingerprint density at radius 2 is 1.86 bits per heavy atom. The number of aromatic nitrogens is 2. The van der Waals surface area contributed by atoms with Crippen molar-refractivity contribution in [2.75, 3.05) is 6.54 Å². The van der Waals surface area contributed by atoms with E-state index in [0.29, 0.717) is 19.4 Å². The molecule has 0 aliphatic carbocycles.